The van der Waals surface area contributed by atoms with Crippen molar-refractivity contribution in [3.8, 4) is 22.1 Å². The number of thiazole rings is 1. The highest BCUT2D eigenvalue weighted by Gasteiger charge is 2.30. The smallest absolute Gasteiger partial charge is 0.410 e. The second-order valence-corrected chi connectivity index (χ2v) is 10.2. The van der Waals surface area contributed by atoms with Crippen molar-refractivity contribution in [3.05, 3.63) is 59.0 Å². The molecular formula is C26H25N3O5S2. The van der Waals surface area contributed by atoms with E-state index in [9.17, 15) is 9.59 Å². The lowest BCUT2D eigenvalue weighted by molar-refractivity contribution is -0.118. The number of para-hydroxylation sites is 3. The summed E-state index contributed by atoms with van der Waals surface area (Å²) in [5, 5.41) is 4.59. The fourth-order valence-corrected chi connectivity index (χ4v) is 6.50. The molecule has 2 aromatic carbocycles. The highest BCUT2D eigenvalue weighted by Crippen LogP contribution is 2.45. The molecule has 1 aliphatic heterocycles. The average Bonchev–Trinajstić information content (AvgIpc) is 3.47. The molecule has 0 atom stereocenters. The first kappa shape index (κ1) is 24.1. The maximum atomic E-state index is 12.9. The van der Waals surface area contributed by atoms with Gasteiger partial charge in [-0.15, -0.1) is 22.7 Å². The molecule has 186 valence electrons. The van der Waals surface area contributed by atoms with E-state index < -0.39 is 0 Å². The zero-order valence-electron chi connectivity index (χ0n) is 19.9. The largest absolute Gasteiger partial charge is 0.493 e. The topological polar surface area (TPSA) is 90.0 Å². The monoisotopic (exact) mass is 523 g/mol. The van der Waals surface area contributed by atoms with Gasteiger partial charge in [-0.25, -0.2) is 9.78 Å². The first-order valence-corrected chi connectivity index (χ1v) is 13.2. The summed E-state index contributed by atoms with van der Waals surface area (Å²) in [7, 11) is 1.56. The van der Waals surface area contributed by atoms with Gasteiger partial charge in [-0.1, -0.05) is 24.3 Å². The van der Waals surface area contributed by atoms with Crippen LogP contribution in [0.2, 0.25) is 0 Å². The Morgan fingerprint density at radius 2 is 1.86 bits per heavy atom. The van der Waals surface area contributed by atoms with Gasteiger partial charge in [0.15, 0.2) is 18.1 Å². The van der Waals surface area contributed by atoms with E-state index in [1.54, 1.807) is 42.4 Å². The minimum absolute atomic E-state index is 0.169. The molecule has 0 spiro atoms. The quantitative estimate of drug-likeness (QED) is 0.341. The molecule has 0 unspecified atom stereocenters. The summed E-state index contributed by atoms with van der Waals surface area (Å²) >= 11 is 3.06. The van der Waals surface area contributed by atoms with Crippen LogP contribution in [-0.2, 0) is 22.5 Å². The molecule has 1 aliphatic rings. The number of carbonyl (C=O) groups is 2. The summed E-state index contributed by atoms with van der Waals surface area (Å²) in [6, 6.07) is 15.2. The SMILES string of the molecule is CCOC(=O)N1CCc2c(sc(NC(=O)COc3ccccc3OC)c2-c2nc3ccccc3s2)C1. The van der Waals surface area contributed by atoms with Crippen LogP contribution in [0, 0.1) is 0 Å². The van der Waals surface area contributed by atoms with Gasteiger partial charge in [-0.2, -0.15) is 0 Å². The molecule has 0 saturated carbocycles. The third-order valence-electron chi connectivity index (χ3n) is 5.77. The number of carbonyl (C=O) groups excluding carboxylic acids is 2. The van der Waals surface area contributed by atoms with Crippen LogP contribution in [0.25, 0.3) is 20.8 Å². The number of thiophene rings is 1. The maximum absolute atomic E-state index is 12.9. The fourth-order valence-electron chi connectivity index (χ4n) is 4.11. The molecule has 0 saturated heterocycles. The van der Waals surface area contributed by atoms with Gasteiger partial charge in [0.2, 0.25) is 0 Å². The normalized spacial score (nSPS) is 12.8. The average molecular weight is 524 g/mol. The number of anilines is 1. The van der Waals surface area contributed by atoms with Crippen molar-refractivity contribution in [1.29, 1.82) is 0 Å². The number of benzene rings is 2. The Kier molecular flexibility index (Phi) is 7.06. The Balaban J connectivity index is 1.43. The standard InChI is InChI=1S/C26H25N3O5S2/c1-3-33-26(31)29-13-12-16-21(14-29)36-25(23(16)24-27-17-8-4-7-11-20(17)35-24)28-22(30)15-34-19-10-6-5-9-18(19)32-2/h4-11H,3,12-15H2,1-2H3,(H,28,30). The Bertz CT molecular complexity index is 1380. The molecule has 2 aromatic heterocycles. The number of rotatable bonds is 7. The number of methoxy groups -OCH3 is 1. The van der Waals surface area contributed by atoms with E-state index in [1.807, 2.05) is 36.4 Å². The number of nitrogens with one attached hydrogen (secondary N) is 1. The van der Waals surface area contributed by atoms with Crippen LogP contribution < -0.4 is 14.8 Å². The number of hydrogen-bond acceptors (Lipinski definition) is 8. The van der Waals surface area contributed by atoms with Gasteiger partial charge in [0.25, 0.3) is 5.91 Å². The van der Waals surface area contributed by atoms with Crippen LogP contribution in [-0.4, -0.2) is 48.8 Å². The van der Waals surface area contributed by atoms with Crippen LogP contribution in [0.1, 0.15) is 17.4 Å². The third kappa shape index (κ3) is 4.87. The zero-order valence-corrected chi connectivity index (χ0v) is 21.5. The van der Waals surface area contributed by atoms with Crippen LogP contribution in [0.15, 0.2) is 48.5 Å². The number of ether oxygens (including phenoxy) is 3. The Morgan fingerprint density at radius 1 is 1.08 bits per heavy atom. The van der Waals surface area contributed by atoms with Gasteiger partial charge in [0.1, 0.15) is 10.0 Å². The Hall–Kier alpha value is -3.63. The summed E-state index contributed by atoms with van der Waals surface area (Å²) in [4.78, 5) is 32.8. The number of hydrogen-bond donors (Lipinski definition) is 1. The molecule has 5 rings (SSSR count). The van der Waals surface area contributed by atoms with Crippen molar-refractivity contribution in [2.24, 2.45) is 0 Å². The van der Waals surface area contributed by atoms with Crippen LogP contribution in [0.4, 0.5) is 9.80 Å². The number of fused-ring (bicyclic) bond motifs is 2. The first-order chi connectivity index (χ1) is 17.6. The molecule has 8 nitrogen and oxygen atoms in total. The van der Waals surface area contributed by atoms with Crippen LogP contribution in [0.5, 0.6) is 11.5 Å². The van der Waals surface area contributed by atoms with Crippen molar-refractivity contribution in [3.63, 3.8) is 0 Å². The van der Waals surface area contributed by atoms with E-state index >= 15 is 0 Å². The Morgan fingerprint density at radius 3 is 2.64 bits per heavy atom. The molecular weight excluding hydrogens is 498 g/mol. The molecule has 1 N–H and O–H groups in total. The lowest BCUT2D eigenvalue weighted by atomic mass is 10.0. The summed E-state index contributed by atoms with van der Waals surface area (Å²) in [6.07, 6.45) is 0.331. The number of aromatic nitrogens is 1. The zero-order chi connectivity index (χ0) is 25.1. The molecule has 0 bridgehead atoms. The van der Waals surface area contributed by atoms with E-state index in [-0.39, 0.29) is 18.6 Å². The van der Waals surface area contributed by atoms with E-state index in [4.69, 9.17) is 19.2 Å². The minimum atomic E-state index is -0.325. The predicted octanol–water partition coefficient (Wildman–Crippen LogP) is 5.57. The van der Waals surface area contributed by atoms with Crippen molar-refractivity contribution in [1.82, 2.24) is 9.88 Å². The van der Waals surface area contributed by atoms with Gasteiger partial charge in [-0.3, -0.25) is 4.79 Å². The maximum Gasteiger partial charge on any atom is 0.410 e. The summed E-state index contributed by atoms with van der Waals surface area (Å²) < 4.78 is 17.3. The Labute approximate surface area is 216 Å². The van der Waals surface area contributed by atoms with Crippen molar-refractivity contribution < 1.29 is 23.8 Å². The van der Waals surface area contributed by atoms with Gasteiger partial charge in [0, 0.05) is 17.0 Å². The van der Waals surface area contributed by atoms with Crippen LogP contribution >= 0.6 is 22.7 Å². The molecule has 10 heteroatoms. The second kappa shape index (κ2) is 10.5. The summed E-state index contributed by atoms with van der Waals surface area (Å²) in [6.45, 7) is 2.94. The number of nitrogens with zero attached hydrogens (tertiary/aromatic N) is 2. The van der Waals surface area contributed by atoms with Crippen molar-refractivity contribution in [2.75, 3.05) is 32.2 Å². The number of amides is 2. The summed E-state index contributed by atoms with van der Waals surface area (Å²) in [5.74, 6) is 0.771. The van der Waals surface area contributed by atoms with Gasteiger partial charge < -0.3 is 24.4 Å². The van der Waals surface area contributed by atoms with Crippen LogP contribution in [0.3, 0.4) is 0 Å². The summed E-state index contributed by atoms with van der Waals surface area (Å²) in [5.41, 5.74) is 2.95. The van der Waals surface area contributed by atoms with Gasteiger partial charge >= 0.3 is 6.09 Å². The second-order valence-electron chi connectivity index (χ2n) is 8.05. The predicted molar refractivity (Wildman–Crippen MR) is 141 cm³/mol. The molecule has 36 heavy (non-hydrogen) atoms. The molecule has 2 amide bonds. The van der Waals surface area contributed by atoms with Gasteiger partial charge in [-0.05, 0) is 43.2 Å². The molecule has 0 fully saturated rings. The fraction of sp³-hybridized carbons (Fsp3) is 0.269. The lowest BCUT2D eigenvalue weighted by Gasteiger charge is -2.26. The molecule has 4 aromatic rings. The lowest BCUT2D eigenvalue weighted by Crippen LogP contribution is -2.35. The van der Waals surface area contributed by atoms with E-state index in [0.717, 1.165) is 31.2 Å². The van der Waals surface area contributed by atoms with E-state index in [2.05, 4.69) is 5.32 Å². The highest BCUT2D eigenvalue weighted by molar-refractivity contribution is 7.22. The van der Waals surface area contributed by atoms with E-state index in [1.165, 1.54) is 11.3 Å². The molecule has 3 heterocycles. The highest BCUT2D eigenvalue weighted by atomic mass is 32.1. The van der Waals surface area contributed by atoms with Crippen molar-refractivity contribution >= 4 is 49.9 Å². The molecule has 0 radical (unpaired) electrons. The van der Waals surface area contributed by atoms with E-state index in [0.29, 0.717) is 42.6 Å². The van der Waals surface area contributed by atoms with Crippen molar-refractivity contribution in [2.45, 2.75) is 19.9 Å². The molecule has 0 aliphatic carbocycles. The first-order valence-electron chi connectivity index (χ1n) is 11.5. The third-order valence-corrected chi connectivity index (χ3v) is 7.96. The minimum Gasteiger partial charge on any atom is -0.493 e. The van der Waals surface area contributed by atoms with Gasteiger partial charge in [0.05, 0.1) is 30.5 Å².